The first-order chi connectivity index (χ1) is 8.09. The molecular formula is C12H22O5. The normalized spacial score (nSPS) is 10.8. The van der Waals surface area contributed by atoms with E-state index in [4.69, 9.17) is 14.2 Å². The van der Waals surface area contributed by atoms with Crippen LogP contribution in [0.3, 0.4) is 0 Å². The van der Waals surface area contributed by atoms with Crippen molar-refractivity contribution in [2.45, 2.75) is 20.3 Å². The van der Waals surface area contributed by atoms with E-state index >= 15 is 0 Å². The molecule has 0 rings (SSSR count). The highest BCUT2D eigenvalue weighted by atomic mass is 16.5. The van der Waals surface area contributed by atoms with E-state index in [0.717, 1.165) is 0 Å². The molecule has 5 nitrogen and oxygen atoms in total. The lowest BCUT2D eigenvalue weighted by atomic mass is 9.98. The second-order valence-electron chi connectivity index (χ2n) is 3.78. The summed E-state index contributed by atoms with van der Waals surface area (Å²) in [6.07, 6.45) is 0.447. The van der Waals surface area contributed by atoms with Crippen LogP contribution in [0.25, 0.3) is 0 Å². The SMILES string of the molecule is COCCOCCOCCC(C(C)=O)C(C)=O. The van der Waals surface area contributed by atoms with Crippen LogP contribution in [0.4, 0.5) is 0 Å². The van der Waals surface area contributed by atoms with E-state index in [2.05, 4.69) is 0 Å². The molecule has 0 aromatic rings. The van der Waals surface area contributed by atoms with E-state index in [1.54, 1.807) is 7.11 Å². The van der Waals surface area contributed by atoms with Crippen molar-refractivity contribution in [2.75, 3.05) is 40.1 Å². The fourth-order valence-electron chi connectivity index (χ4n) is 1.36. The Morgan fingerprint density at radius 1 is 0.882 bits per heavy atom. The first kappa shape index (κ1) is 16.2. The molecule has 0 saturated heterocycles. The van der Waals surface area contributed by atoms with Crippen molar-refractivity contribution in [2.24, 2.45) is 5.92 Å². The van der Waals surface area contributed by atoms with Gasteiger partial charge in [-0.3, -0.25) is 9.59 Å². The minimum atomic E-state index is -0.524. The molecule has 0 aliphatic heterocycles. The van der Waals surface area contributed by atoms with Gasteiger partial charge in [0.1, 0.15) is 11.6 Å². The molecule has 0 spiro atoms. The van der Waals surface area contributed by atoms with Crippen molar-refractivity contribution in [3.8, 4) is 0 Å². The number of hydrogen-bond acceptors (Lipinski definition) is 5. The number of hydrogen-bond donors (Lipinski definition) is 0. The van der Waals surface area contributed by atoms with Gasteiger partial charge in [-0.15, -0.1) is 0 Å². The maximum absolute atomic E-state index is 11.1. The molecule has 0 N–H and O–H groups in total. The predicted molar refractivity (Wildman–Crippen MR) is 63.0 cm³/mol. The van der Waals surface area contributed by atoms with E-state index in [9.17, 15) is 9.59 Å². The average Bonchev–Trinajstić information content (AvgIpc) is 2.26. The molecule has 0 heterocycles. The van der Waals surface area contributed by atoms with Crippen LogP contribution in [0.15, 0.2) is 0 Å². The van der Waals surface area contributed by atoms with Crippen LogP contribution in [-0.4, -0.2) is 51.7 Å². The lowest BCUT2D eigenvalue weighted by molar-refractivity contribution is -0.131. The minimum Gasteiger partial charge on any atom is -0.382 e. The molecule has 0 unspecified atom stereocenters. The molecule has 0 aromatic carbocycles. The smallest absolute Gasteiger partial charge is 0.140 e. The maximum atomic E-state index is 11.1. The van der Waals surface area contributed by atoms with Crippen molar-refractivity contribution in [1.29, 1.82) is 0 Å². The van der Waals surface area contributed by atoms with Crippen LogP contribution in [0.1, 0.15) is 20.3 Å². The topological polar surface area (TPSA) is 61.8 Å². The summed E-state index contributed by atoms with van der Waals surface area (Å²) < 4.78 is 15.3. The highest BCUT2D eigenvalue weighted by Crippen LogP contribution is 2.06. The zero-order valence-electron chi connectivity index (χ0n) is 10.9. The van der Waals surface area contributed by atoms with E-state index < -0.39 is 5.92 Å². The Bertz CT molecular complexity index is 213. The predicted octanol–water partition coefficient (Wildman–Crippen LogP) is 0.850. The molecule has 100 valence electrons. The second-order valence-corrected chi connectivity index (χ2v) is 3.78. The van der Waals surface area contributed by atoms with E-state index in [-0.39, 0.29) is 11.6 Å². The van der Waals surface area contributed by atoms with Gasteiger partial charge >= 0.3 is 0 Å². The van der Waals surface area contributed by atoms with Crippen LogP contribution in [0, 0.1) is 5.92 Å². The van der Waals surface area contributed by atoms with Crippen molar-refractivity contribution in [1.82, 2.24) is 0 Å². The first-order valence-corrected chi connectivity index (χ1v) is 5.75. The molecule has 17 heavy (non-hydrogen) atoms. The van der Waals surface area contributed by atoms with Crippen LogP contribution in [-0.2, 0) is 23.8 Å². The molecule has 0 aromatic heterocycles. The molecule has 0 atom stereocenters. The highest BCUT2D eigenvalue weighted by Gasteiger charge is 2.18. The van der Waals surface area contributed by atoms with Crippen molar-refractivity contribution >= 4 is 11.6 Å². The summed E-state index contributed by atoms with van der Waals surface area (Å²) in [6.45, 7) is 5.33. The van der Waals surface area contributed by atoms with Crippen molar-refractivity contribution < 1.29 is 23.8 Å². The van der Waals surface area contributed by atoms with Gasteiger partial charge < -0.3 is 14.2 Å². The van der Waals surface area contributed by atoms with Crippen LogP contribution >= 0.6 is 0 Å². The van der Waals surface area contributed by atoms with Crippen LogP contribution in [0.5, 0.6) is 0 Å². The van der Waals surface area contributed by atoms with E-state index in [0.29, 0.717) is 39.5 Å². The quantitative estimate of drug-likeness (QED) is 0.399. The number of Topliss-reactive ketones (excluding diaryl/α,β-unsaturated/α-hetero) is 2. The summed E-state index contributed by atoms with van der Waals surface area (Å²) in [4.78, 5) is 22.2. The summed E-state index contributed by atoms with van der Waals surface area (Å²) in [5.41, 5.74) is 0. The summed E-state index contributed by atoms with van der Waals surface area (Å²) in [5.74, 6) is -0.723. The highest BCUT2D eigenvalue weighted by molar-refractivity contribution is 6.00. The van der Waals surface area contributed by atoms with Gasteiger partial charge in [-0.2, -0.15) is 0 Å². The Morgan fingerprint density at radius 3 is 1.82 bits per heavy atom. The Kier molecular flexibility index (Phi) is 9.90. The molecule has 0 radical (unpaired) electrons. The molecule has 0 fully saturated rings. The third-order valence-electron chi connectivity index (χ3n) is 2.34. The Morgan fingerprint density at radius 2 is 1.35 bits per heavy atom. The van der Waals surface area contributed by atoms with Gasteiger partial charge in [0.25, 0.3) is 0 Å². The summed E-state index contributed by atoms with van der Waals surface area (Å²) in [5, 5.41) is 0. The molecule has 0 bridgehead atoms. The number of ether oxygens (including phenoxy) is 3. The van der Waals surface area contributed by atoms with Gasteiger partial charge in [0.15, 0.2) is 0 Å². The Hall–Kier alpha value is -0.780. The fraction of sp³-hybridized carbons (Fsp3) is 0.833. The number of carbonyl (C=O) groups is 2. The molecule has 0 aliphatic rings. The number of methoxy groups -OCH3 is 1. The van der Waals surface area contributed by atoms with Gasteiger partial charge in [0, 0.05) is 13.7 Å². The van der Waals surface area contributed by atoms with Gasteiger partial charge in [0.05, 0.1) is 32.3 Å². The molecule has 0 aliphatic carbocycles. The average molecular weight is 246 g/mol. The summed E-state index contributed by atoms with van der Waals surface area (Å²) in [7, 11) is 1.61. The van der Waals surface area contributed by atoms with Crippen LogP contribution < -0.4 is 0 Å². The molecular weight excluding hydrogens is 224 g/mol. The third kappa shape index (κ3) is 8.97. The molecule has 5 heteroatoms. The minimum absolute atomic E-state index is 0.0996. The van der Waals surface area contributed by atoms with Crippen molar-refractivity contribution in [3.63, 3.8) is 0 Å². The van der Waals surface area contributed by atoms with Gasteiger partial charge in [0.2, 0.25) is 0 Å². The Balaban J connectivity index is 3.43. The van der Waals surface area contributed by atoms with Gasteiger partial charge in [-0.1, -0.05) is 0 Å². The fourth-order valence-corrected chi connectivity index (χ4v) is 1.36. The number of rotatable bonds is 11. The molecule has 0 amide bonds. The number of carbonyl (C=O) groups excluding carboxylic acids is 2. The summed E-state index contributed by atoms with van der Waals surface area (Å²) in [6, 6.07) is 0. The lowest BCUT2D eigenvalue weighted by Crippen LogP contribution is -2.21. The van der Waals surface area contributed by atoms with Crippen LogP contribution in [0.2, 0.25) is 0 Å². The van der Waals surface area contributed by atoms with Gasteiger partial charge in [-0.05, 0) is 20.3 Å². The van der Waals surface area contributed by atoms with Gasteiger partial charge in [-0.25, -0.2) is 0 Å². The number of ketones is 2. The zero-order chi connectivity index (χ0) is 13.1. The first-order valence-electron chi connectivity index (χ1n) is 5.75. The van der Waals surface area contributed by atoms with E-state index in [1.807, 2.05) is 0 Å². The standard InChI is InChI=1S/C12H22O5/c1-10(13)12(11(2)14)4-5-16-8-9-17-7-6-15-3/h12H,4-9H2,1-3H3. The second kappa shape index (κ2) is 10.4. The zero-order valence-corrected chi connectivity index (χ0v) is 10.9. The third-order valence-corrected chi connectivity index (χ3v) is 2.34. The Labute approximate surface area is 102 Å². The monoisotopic (exact) mass is 246 g/mol. The van der Waals surface area contributed by atoms with Crippen molar-refractivity contribution in [3.05, 3.63) is 0 Å². The molecule has 0 saturated carbocycles. The van der Waals surface area contributed by atoms with E-state index in [1.165, 1.54) is 13.8 Å². The maximum Gasteiger partial charge on any atom is 0.140 e. The summed E-state index contributed by atoms with van der Waals surface area (Å²) >= 11 is 0. The lowest BCUT2D eigenvalue weighted by Gasteiger charge is -2.10. The largest absolute Gasteiger partial charge is 0.382 e.